The smallest absolute Gasteiger partial charge is 0.221 e. The summed E-state index contributed by atoms with van der Waals surface area (Å²) in [5.74, 6) is 3.30. The third kappa shape index (κ3) is 5.75. The molecule has 1 fully saturated rings. The minimum atomic E-state index is 0.0342. The first-order valence-corrected chi connectivity index (χ1v) is 7.47. The Morgan fingerprint density at radius 3 is 2.81 bits per heavy atom. The zero-order valence-electron chi connectivity index (χ0n) is 10.2. The number of nitrogens with two attached hydrogens (primary N) is 1. The topological polar surface area (TPSA) is 55.1 Å². The number of carbonyl (C=O) groups is 1. The summed E-state index contributed by atoms with van der Waals surface area (Å²) in [6, 6.07) is 0.0342. The molecule has 1 aliphatic rings. The van der Waals surface area contributed by atoms with E-state index in [-0.39, 0.29) is 11.9 Å². The molecule has 1 rings (SSSR count). The number of nitrogens with one attached hydrogen (secondary N) is 1. The van der Waals surface area contributed by atoms with Gasteiger partial charge < -0.3 is 11.1 Å². The van der Waals surface area contributed by atoms with Crippen LogP contribution in [0.4, 0.5) is 0 Å². The molecule has 94 valence electrons. The molecule has 1 amide bonds. The van der Waals surface area contributed by atoms with Crippen molar-refractivity contribution >= 4 is 17.7 Å². The third-order valence-corrected chi connectivity index (χ3v) is 4.08. The molecule has 0 aromatic carbocycles. The Labute approximate surface area is 103 Å². The van der Waals surface area contributed by atoms with Crippen molar-refractivity contribution in [2.45, 2.75) is 45.1 Å². The molecule has 3 nitrogen and oxygen atoms in total. The molecule has 3 N–H and O–H groups in total. The van der Waals surface area contributed by atoms with Crippen LogP contribution in [0.2, 0.25) is 0 Å². The fourth-order valence-corrected chi connectivity index (χ4v) is 3.20. The van der Waals surface area contributed by atoms with Crippen molar-refractivity contribution < 1.29 is 4.79 Å². The molecule has 16 heavy (non-hydrogen) atoms. The zero-order chi connectivity index (χ0) is 11.8. The molecule has 0 aromatic heterocycles. The number of hydrogen-bond donors (Lipinski definition) is 2. The van der Waals surface area contributed by atoms with Crippen LogP contribution >= 0.6 is 11.8 Å². The Balaban J connectivity index is 2.09. The molecular formula is C12H24N2OS. The zero-order valence-corrected chi connectivity index (χ0v) is 11.0. The van der Waals surface area contributed by atoms with Gasteiger partial charge in [-0.25, -0.2) is 0 Å². The van der Waals surface area contributed by atoms with Crippen LogP contribution in [-0.2, 0) is 4.79 Å². The van der Waals surface area contributed by atoms with E-state index in [4.69, 9.17) is 5.73 Å². The second-order valence-electron chi connectivity index (χ2n) is 4.61. The Bertz CT molecular complexity index is 205. The predicted octanol–water partition coefficient (Wildman–Crippen LogP) is 1.76. The minimum Gasteiger partial charge on any atom is -0.356 e. The van der Waals surface area contributed by atoms with E-state index in [1.807, 2.05) is 11.8 Å². The second kappa shape index (κ2) is 7.96. The van der Waals surface area contributed by atoms with Gasteiger partial charge >= 0.3 is 0 Å². The van der Waals surface area contributed by atoms with E-state index in [0.717, 1.165) is 19.4 Å². The van der Waals surface area contributed by atoms with Crippen LogP contribution in [0.1, 0.15) is 39.0 Å². The fraction of sp³-hybridized carbons (Fsp3) is 0.917. The molecule has 1 aliphatic heterocycles. The molecule has 4 heteroatoms. The highest BCUT2D eigenvalue weighted by Crippen LogP contribution is 2.21. The lowest BCUT2D eigenvalue weighted by Gasteiger charge is -2.21. The highest BCUT2D eigenvalue weighted by molar-refractivity contribution is 7.99. The number of amides is 1. The summed E-state index contributed by atoms with van der Waals surface area (Å²) in [5, 5.41) is 3.01. The molecule has 1 saturated heterocycles. The van der Waals surface area contributed by atoms with Crippen molar-refractivity contribution in [3.8, 4) is 0 Å². The molecule has 1 heterocycles. The normalized spacial score (nSPS) is 19.4. The number of hydrogen-bond acceptors (Lipinski definition) is 3. The summed E-state index contributed by atoms with van der Waals surface area (Å²) < 4.78 is 0. The summed E-state index contributed by atoms with van der Waals surface area (Å²) in [7, 11) is 0. The number of carbonyl (C=O) groups excluding carboxylic acids is 1. The van der Waals surface area contributed by atoms with E-state index in [1.54, 1.807) is 0 Å². The lowest BCUT2D eigenvalue weighted by molar-refractivity contribution is -0.121. The standard InChI is InChI=1S/C12H24N2OS/c1-2-3-11(13)8-12(15)14-9-10-4-6-16-7-5-10/h10-11H,2-9,13H2,1H3,(H,14,15). The van der Waals surface area contributed by atoms with Gasteiger partial charge in [-0.15, -0.1) is 0 Å². The van der Waals surface area contributed by atoms with Gasteiger partial charge in [0.25, 0.3) is 0 Å². The lowest BCUT2D eigenvalue weighted by Crippen LogP contribution is -2.35. The van der Waals surface area contributed by atoms with E-state index in [0.29, 0.717) is 12.3 Å². The van der Waals surface area contributed by atoms with Gasteiger partial charge in [0.15, 0.2) is 0 Å². The quantitative estimate of drug-likeness (QED) is 0.748. The first-order valence-electron chi connectivity index (χ1n) is 6.32. The molecule has 1 atom stereocenters. The molecule has 0 saturated carbocycles. The van der Waals surface area contributed by atoms with Crippen molar-refractivity contribution in [3.05, 3.63) is 0 Å². The van der Waals surface area contributed by atoms with Gasteiger partial charge in [0.1, 0.15) is 0 Å². The maximum atomic E-state index is 11.6. The highest BCUT2D eigenvalue weighted by Gasteiger charge is 2.15. The molecule has 0 spiro atoms. The van der Waals surface area contributed by atoms with Gasteiger partial charge in [0, 0.05) is 19.0 Å². The van der Waals surface area contributed by atoms with Crippen LogP contribution in [-0.4, -0.2) is 30.0 Å². The Kier molecular flexibility index (Phi) is 6.88. The summed E-state index contributed by atoms with van der Waals surface area (Å²) in [6.07, 6.45) is 4.95. The van der Waals surface area contributed by atoms with Crippen LogP contribution in [0.3, 0.4) is 0 Å². The highest BCUT2D eigenvalue weighted by atomic mass is 32.2. The molecular weight excluding hydrogens is 220 g/mol. The van der Waals surface area contributed by atoms with Gasteiger partial charge in [-0.3, -0.25) is 4.79 Å². The van der Waals surface area contributed by atoms with Crippen molar-refractivity contribution in [1.29, 1.82) is 0 Å². The van der Waals surface area contributed by atoms with Crippen LogP contribution in [0.15, 0.2) is 0 Å². The summed E-state index contributed by atoms with van der Waals surface area (Å²) in [5.41, 5.74) is 5.83. The van der Waals surface area contributed by atoms with Gasteiger partial charge in [0.05, 0.1) is 0 Å². The average molecular weight is 244 g/mol. The lowest BCUT2D eigenvalue weighted by atomic mass is 10.0. The monoisotopic (exact) mass is 244 g/mol. The Hall–Kier alpha value is -0.220. The van der Waals surface area contributed by atoms with Crippen molar-refractivity contribution in [2.24, 2.45) is 11.7 Å². The summed E-state index contributed by atoms with van der Waals surface area (Å²) in [6.45, 7) is 2.94. The molecule has 1 unspecified atom stereocenters. The Morgan fingerprint density at radius 1 is 1.50 bits per heavy atom. The van der Waals surface area contributed by atoms with Crippen molar-refractivity contribution in [3.63, 3.8) is 0 Å². The molecule has 0 aromatic rings. The number of rotatable bonds is 6. The van der Waals surface area contributed by atoms with Gasteiger partial charge in [-0.05, 0) is 36.7 Å². The van der Waals surface area contributed by atoms with E-state index >= 15 is 0 Å². The maximum Gasteiger partial charge on any atom is 0.221 e. The SMILES string of the molecule is CCCC(N)CC(=O)NCC1CCSCC1. The van der Waals surface area contributed by atoms with E-state index in [1.165, 1.54) is 24.3 Å². The van der Waals surface area contributed by atoms with Crippen LogP contribution < -0.4 is 11.1 Å². The van der Waals surface area contributed by atoms with Gasteiger partial charge in [-0.2, -0.15) is 11.8 Å². The first kappa shape index (κ1) is 13.8. The van der Waals surface area contributed by atoms with E-state index in [2.05, 4.69) is 12.2 Å². The van der Waals surface area contributed by atoms with Crippen molar-refractivity contribution in [2.75, 3.05) is 18.1 Å². The largest absolute Gasteiger partial charge is 0.356 e. The predicted molar refractivity (Wildman–Crippen MR) is 70.6 cm³/mol. The first-order chi connectivity index (χ1) is 7.72. The van der Waals surface area contributed by atoms with Gasteiger partial charge in [-0.1, -0.05) is 13.3 Å². The fourth-order valence-electron chi connectivity index (χ4n) is 1.99. The van der Waals surface area contributed by atoms with Crippen LogP contribution in [0.25, 0.3) is 0 Å². The van der Waals surface area contributed by atoms with E-state index in [9.17, 15) is 4.79 Å². The maximum absolute atomic E-state index is 11.6. The van der Waals surface area contributed by atoms with E-state index < -0.39 is 0 Å². The molecule has 0 aliphatic carbocycles. The molecule has 0 bridgehead atoms. The summed E-state index contributed by atoms with van der Waals surface area (Å²) >= 11 is 2.02. The number of thioether (sulfide) groups is 1. The minimum absolute atomic E-state index is 0.0342. The van der Waals surface area contributed by atoms with Gasteiger partial charge in [0.2, 0.25) is 5.91 Å². The Morgan fingerprint density at radius 2 is 2.19 bits per heavy atom. The second-order valence-corrected chi connectivity index (χ2v) is 5.84. The summed E-state index contributed by atoms with van der Waals surface area (Å²) in [4.78, 5) is 11.6. The van der Waals surface area contributed by atoms with Crippen molar-refractivity contribution in [1.82, 2.24) is 5.32 Å². The van der Waals surface area contributed by atoms with Crippen LogP contribution in [0, 0.1) is 5.92 Å². The third-order valence-electron chi connectivity index (χ3n) is 3.04. The van der Waals surface area contributed by atoms with Crippen LogP contribution in [0.5, 0.6) is 0 Å². The molecule has 0 radical (unpaired) electrons. The average Bonchev–Trinajstić information content (AvgIpc) is 2.28.